The highest BCUT2D eigenvalue weighted by Gasteiger charge is 2.16. The highest BCUT2D eigenvalue weighted by atomic mass is 16.5. The molecule has 0 unspecified atom stereocenters. The van der Waals surface area contributed by atoms with Gasteiger partial charge in [-0.3, -0.25) is 0 Å². The van der Waals surface area contributed by atoms with E-state index in [0.717, 1.165) is 6.42 Å². The Hall–Kier alpha value is -1.79. The molecule has 0 saturated heterocycles. The molecule has 0 aliphatic heterocycles. The Bertz CT molecular complexity index is 437. The molecule has 0 aliphatic rings. The molecular weight excluding hydrogens is 260 g/mol. The monoisotopic (exact) mass is 282 g/mol. The second-order valence-corrected chi connectivity index (χ2v) is 4.41. The highest BCUT2D eigenvalue weighted by molar-refractivity contribution is 5.95. The fourth-order valence-corrected chi connectivity index (χ4v) is 1.95. The molecule has 20 heavy (non-hydrogen) atoms. The largest absolute Gasteiger partial charge is 0.478 e. The van der Waals surface area contributed by atoms with Crippen molar-refractivity contribution >= 4 is 17.3 Å². The van der Waals surface area contributed by atoms with E-state index < -0.39 is 5.97 Å². The van der Waals surface area contributed by atoms with Crippen molar-refractivity contribution in [3.8, 4) is 0 Å². The molecule has 0 atom stereocenters. The summed E-state index contributed by atoms with van der Waals surface area (Å²) in [6.07, 6.45) is 0.800. The van der Waals surface area contributed by atoms with Crippen molar-refractivity contribution in [2.75, 3.05) is 51.2 Å². The van der Waals surface area contributed by atoms with Crippen molar-refractivity contribution in [3.63, 3.8) is 0 Å². The summed E-state index contributed by atoms with van der Waals surface area (Å²) in [4.78, 5) is 13.3. The van der Waals surface area contributed by atoms with Gasteiger partial charge in [-0.15, -0.1) is 0 Å². The van der Waals surface area contributed by atoms with Gasteiger partial charge in [0.05, 0.1) is 17.9 Å². The summed E-state index contributed by atoms with van der Waals surface area (Å²) < 4.78 is 10.1. The summed E-state index contributed by atoms with van der Waals surface area (Å²) in [5.41, 5.74) is 7.17. The topological polar surface area (TPSA) is 85.0 Å². The van der Waals surface area contributed by atoms with Crippen LogP contribution in [0.3, 0.4) is 0 Å². The van der Waals surface area contributed by atoms with Crippen LogP contribution in [0.1, 0.15) is 16.8 Å². The Morgan fingerprint density at radius 3 is 2.55 bits per heavy atom. The van der Waals surface area contributed by atoms with E-state index >= 15 is 0 Å². The maximum absolute atomic E-state index is 11.3. The van der Waals surface area contributed by atoms with Crippen molar-refractivity contribution in [2.45, 2.75) is 6.42 Å². The predicted molar refractivity (Wildman–Crippen MR) is 78.4 cm³/mol. The third-order valence-corrected chi connectivity index (χ3v) is 2.93. The number of hydrogen-bond donors (Lipinski definition) is 2. The van der Waals surface area contributed by atoms with Crippen molar-refractivity contribution in [2.24, 2.45) is 0 Å². The van der Waals surface area contributed by atoms with Crippen LogP contribution in [0.15, 0.2) is 18.2 Å². The molecule has 1 aromatic rings. The van der Waals surface area contributed by atoms with E-state index in [0.29, 0.717) is 37.7 Å². The zero-order valence-corrected chi connectivity index (χ0v) is 12.0. The van der Waals surface area contributed by atoms with E-state index in [1.165, 1.54) is 6.07 Å². The highest BCUT2D eigenvalue weighted by Crippen LogP contribution is 2.24. The molecule has 0 radical (unpaired) electrons. The summed E-state index contributed by atoms with van der Waals surface area (Å²) in [6, 6.07) is 4.81. The third-order valence-electron chi connectivity index (χ3n) is 2.93. The molecule has 0 aromatic heterocycles. The number of hydrogen-bond acceptors (Lipinski definition) is 5. The normalized spacial score (nSPS) is 10.5. The number of ether oxygens (including phenoxy) is 2. The number of carbonyl (C=O) groups is 1. The Labute approximate surface area is 119 Å². The number of rotatable bonds is 9. The minimum atomic E-state index is -0.964. The van der Waals surface area contributed by atoms with Crippen molar-refractivity contribution in [1.29, 1.82) is 0 Å². The van der Waals surface area contributed by atoms with E-state index in [-0.39, 0.29) is 5.56 Å². The van der Waals surface area contributed by atoms with Gasteiger partial charge in [-0.1, -0.05) is 0 Å². The van der Waals surface area contributed by atoms with E-state index in [2.05, 4.69) is 0 Å². The van der Waals surface area contributed by atoms with Crippen LogP contribution in [0.5, 0.6) is 0 Å². The summed E-state index contributed by atoms with van der Waals surface area (Å²) in [5, 5.41) is 9.28. The van der Waals surface area contributed by atoms with Crippen molar-refractivity contribution in [1.82, 2.24) is 0 Å². The first-order chi connectivity index (χ1) is 9.60. The molecule has 0 aliphatic carbocycles. The molecule has 0 amide bonds. The third kappa shape index (κ3) is 4.71. The van der Waals surface area contributed by atoms with Gasteiger partial charge in [-0.25, -0.2) is 4.79 Å². The van der Waals surface area contributed by atoms with Gasteiger partial charge in [0.2, 0.25) is 0 Å². The first-order valence-corrected chi connectivity index (χ1v) is 6.45. The SMILES string of the molecule is COCCCN(CCOC)c1cc(N)ccc1C(=O)O. The van der Waals surface area contributed by atoms with Gasteiger partial charge in [0, 0.05) is 39.6 Å². The molecule has 0 heterocycles. The maximum Gasteiger partial charge on any atom is 0.337 e. The summed E-state index contributed by atoms with van der Waals surface area (Å²) in [6.45, 7) is 2.42. The lowest BCUT2D eigenvalue weighted by molar-refractivity contribution is 0.0697. The minimum absolute atomic E-state index is 0.243. The van der Waals surface area contributed by atoms with Crippen LogP contribution < -0.4 is 10.6 Å². The number of aromatic carboxylic acids is 1. The Balaban J connectivity index is 2.97. The average molecular weight is 282 g/mol. The van der Waals surface area contributed by atoms with Crippen molar-refractivity contribution in [3.05, 3.63) is 23.8 Å². The molecule has 3 N–H and O–H groups in total. The summed E-state index contributed by atoms with van der Waals surface area (Å²) >= 11 is 0. The van der Waals surface area contributed by atoms with Crippen LogP contribution >= 0.6 is 0 Å². The van der Waals surface area contributed by atoms with E-state index in [1.54, 1.807) is 26.4 Å². The minimum Gasteiger partial charge on any atom is -0.478 e. The van der Waals surface area contributed by atoms with E-state index in [9.17, 15) is 9.90 Å². The first-order valence-electron chi connectivity index (χ1n) is 6.45. The molecule has 1 rings (SSSR count). The zero-order valence-electron chi connectivity index (χ0n) is 12.0. The summed E-state index contributed by atoms with van der Waals surface area (Å²) in [7, 11) is 3.26. The predicted octanol–water partition coefficient (Wildman–Crippen LogP) is 1.46. The number of anilines is 2. The molecule has 1 aromatic carbocycles. The Morgan fingerprint density at radius 1 is 1.25 bits per heavy atom. The van der Waals surface area contributed by atoms with Gasteiger partial charge in [-0.2, -0.15) is 0 Å². The van der Waals surface area contributed by atoms with Crippen LogP contribution in [0.25, 0.3) is 0 Å². The van der Waals surface area contributed by atoms with E-state index in [4.69, 9.17) is 15.2 Å². The van der Waals surface area contributed by atoms with Gasteiger partial charge in [0.1, 0.15) is 0 Å². The second-order valence-electron chi connectivity index (χ2n) is 4.41. The smallest absolute Gasteiger partial charge is 0.337 e. The molecule has 0 bridgehead atoms. The first kappa shape index (κ1) is 16.3. The Morgan fingerprint density at radius 2 is 1.95 bits per heavy atom. The van der Waals surface area contributed by atoms with Gasteiger partial charge >= 0.3 is 5.97 Å². The lowest BCUT2D eigenvalue weighted by atomic mass is 10.1. The average Bonchev–Trinajstić information content (AvgIpc) is 2.42. The summed E-state index contributed by atoms with van der Waals surface area (Å²) in [5.74, 6) is -0.964. The number of carboxylic acid groups (broad SMARTS) is 1. The van der Waals surface area contributed by atoms with Gasteiger partial charge in [-0.05, 0) is 24.6 Å². The van der Waals surface area contributed by atoms with Crippen LogP contribution in [-0.2, 0) is 9.47 Å². The number of methoxy groups -OCH3 is 2. The lowest BCUT2D eigenvalue weighted by Gasteiger charge is -2.26. The molecule has 112 valence electrons. The molecule has 6 nitrogen and oxygen atoms in total. The number of nitrogens with two attached hydrogens (primary N) is 1. The zero-order chi connectivity index (χ0) is 15.0. The lowest BCUT2D eigenvalue weighted by Crippen LogP contribution is -2.30. The van der Waals surface area contributed by atoms with Gasteiger partial charge < -0.3 is 25.2 Å². The van der Waals surface area contributed by atoms with Crippen LogP contribution in [-0.4, -0.2) is 51.6 Å². The van der Waals surface area contributed by atoms with Gasteiger partial charge in [0.25, 0.3) is 0 Å². The van der Waals surface area contributed by atoms with Gasteiger partial charge in [0.15, 0.2) is 0 Å². The second kappa shape index (κ2) is 8.39. The number of nitrogen functional groups attached to an aromatic ring is 1. The standard InChI is InChI=1S/C14H22N2O4/c1-19-8-3-6-16(7-9-20-2)13-10-11(15)4-5-12(13)14(17)18/h4-5,10H,3,6-9,15H2,1-2H3,(H,17,18). The molecule has 0 fully saturated rings. The Kier molecular flexibility index (Phi) is 6.83. The van der Waals surface area contributed by atoms with Crippen LogP contribution in [0.2, 0.25) is 0 Å². The maximum atomic E-state index is 11.3. The molecule has 6 heteroatoms. The molecule has 0 spiro atoms. The quantitative estimate of drug-likeness (QED) is 0.527. The fraction of sp³-hybridized carbons (Fsp3) is 0.500. The number of nitrogens with zero attached hydrogens (tertiary/aromatic N) is 1. The number of carboxylic acids is 1. The van der Waals surface area contributed by atoms with Crippen LogP contribution in [0.4, 0.5) is 11.4 Å². The molecular formula is C14H22N2O4. The fourth-order valence-electron chi connectivity index (χ4n) is 1.95. The van der Waals surface area contributed by atoms with Crippen LogP contribution in [0, 0.1) is 0 Å². The number of benzene rings is 1. The molecule has 0 saturated carbocycles. The van der Waals surface area contributed by atoms with Crippen molar-refractivity contribution < 1.29 is 19.4 Å². The van der Waals surface area contributed by atoms with E-state index in [1.807, 2.05) is 4.90 Å².